The largest absolute Gasteiger partial charge is 0.465 e. The summed E-state index contributed by atoms with van der Waals surface area (Å²) in [5, 5.41) is 13.2. The van der Waals surface area contributed by atoms with Gasteiger partial charge in [-0.05, 0) is 13.3 Å². The summed E-state index contributed by atoms with van der Waals surface area (Å²) in [4.78, 5) is 28.0. The van der Waals surface area contributed by atoms with Crippen molar-refractivity contribution in [1.82, 2.24) is 19.7 Å². The molecule has 0 fully saturated rings. The minimum absolute atomic E-state index is 0.0660. The van der Waals surface area contributed by atoms with Crippen molar-refractivity contribution in [2.24, 2.45) is 0 Å². The zero-order valence-corrected chi connectivity index (χ0v) is 14.9. The number of nitrogens with one attached hydrogen (secondary N) is 1. The lowest BCUT2D eigenvalue weighted by Crippen LogP contribution is -2.27. The van der Waals surface area contributed by atoms with Gasteiger partial charge in [0.25, 0.3) is 0 Å². The molecule has 1 atom stereocenters. The van der Waals surface area contributed by atoms with E-state index in [1.165, 1.54) is 15.9 Å². The summed E-state index contributed by atoms with van der Waals surface area (Å²) in [7, 11) is 0. The third-order valence-corrected chi connectivity index (χ3v) is 4.58. The van der Waals surface area contributed by atoms with E-state index in [1.807, 2.05) is 6.92 Å². The first-order chi connectivity index (χ1) is 11.6. The molecule has 1 unspecified atom stereocenters. The highest BCUT2D eigenvalue weighted by atomic mass is 32.2. The number of ether oxygens (including phenoxy) is 1. The number of carbonyl (C=O) groups is 2. The summed E-state index contributed by atoms with van der Waals surface area (Å²) >= 11 is 2.45. The van der Waals surface area contributed by atoms with Gasteiger partial charge in [0, 0.05) is 11.6 Å². The van der Waals surface area contributed by atoms with Crippen LogP contribution in [-0.2, 0) is 14.3 Å². The number of nitrogens with two attached hydrogens (primary N) is 1. The predicted molar refractivity (Wildman–Crippen MR) is 91.9 cm³/mol. The molecule has 0 aliphatic rings. The molecule has 2 heterocycles. The van der Waals surface area contributed by atoms with Crippen LogP contribution in [0.3, 0.4) is 0 Å². The quantitative estimate of drug-likeness (QED) is 0.530. The number of nitrogens with zero attached hydrogens (tertiary/aromatic N) is 4. The van der Waals surface area contributed by atoms with Crippen molar-refractivity contribution in [3.63, 3.8) is 0 Å². The first-order valence-electron chi connectivity index (χ1n) is 7.25. The Labute approximate surface area is 147 Å². The summed E-state index contributed by atoms with van der Waals surface area (Å²) < 4.78 is 6.40. The Morgan fingerprint density at radius 3 is 2.88 bits per heavy atom. The van der Waals surface area contributed by atoms with E-state index < -0.39 is 6.04 Å². The van der Waals surface area contributed by atoms with E-state index in [0.29, 0.717) is 23.3 Å². The Bertz CT molecular complexity index is 688. The first-order valence-corrected chi connectivity index (χ1v) is 9.12. The van der Waals surface area contributed by atoms with Gasteiger partial charge in [-0.2, -0.15) is 0 Å². The maximum absolute atomic E-state index is 12.5. The fourth-order valence-corrected chi connectivity index (χ4v) is 3.29. The van der Waals surface area contributed by atoms with Gasteiger partial charge in [-0.1, -0.05) is 18.7 Å². The van der Waals surface area contributed by atoms with Gasteiger partial charge in [0.2, 0.25) is 11.9 Å². The third kappa shape index (κ3) is 4.45. The molecule has 0 bridgehead atoms. The number of hydrogen-bond donors (Lipinski definition) is 2. The first kappa shape index (κ1) is 18.2. The van der Waals surface area contributed by atoms with Gasteiger partial charge in [0.05, 0.1) is 12.4 Å². The summed E-state index contributed by atoms with van der Waals surface area (Å²) in [5.41, 5.74) is 5.86. The number of hydrogen-bond acceptors (Lipinski definition) is 9. The van der Waals surface area contributed by atoms with Crippen LogP contribution in [0.25, 0.3) is 0 Å². The standard InChI is InChI=1S/C13H18N6O3S2/c1-3-8(10(21)16-12-15-5-6-23-12)19-11(14)17-18-13(19)24-7-9(20)22-4-2/h5-6,8H,3-4,7H2,1-2H3,(H2,14,17)(H,15,16,21). The molecule has 130 valence electrons. The second-order valence-electron chi connectivity index (χ2n) is 4.56. The van der Waals surface area contributed by atoms with Crippen molar-refractivity contribution in [3.8, 4) is 0 Å². The fourth-order valence-electron chi connectivity index (χ4n) is 1.96. The lowest BCUT2D eigenvalue weighted by atomic mass is 10.2. The van der Waals surface area contributed by atoms with Gasteiger partial charge >= 0.3 is 5.97 Å². The van der Waals surface area contributed by atoms with Gasteiger partial charge in [-0.25, -0.2) is 4.98 Å². The molecule has 0 aliphatic heterocycles. The Hall–Kier alpha value is -2.14. The summed E-state index contributed by atoms with van der Waals surface area (Å²) in [6, 6.07) is -0.603. The Morgan fingerprint density at radius 1 is 1.46 bits per heavy atom. The van der Waals surface area contributed by atoms with E-state index in [2.05, 4.69) is 20.5 Å². The molecular formula is C13H18N6O3S2. The Kier molecular flexibility index (Phi) is 6.55. The third-order valence-electron chi connectivity index (χ3n) is 2.98. The second kappa shape index (κ2) is 8.64. The van der Waals surface area contributed by atoms with Crippen molar-refractivity contribution >= 4 is 46.1 Å². The number of nitrogen functional groups attached to an aromatic ring is 1. The fraction of sp³-hybridized carbons (Fsp3) is 0.462. The number of thioether (sulfide) groups is 1. The predicted octanol–water partition coefficient (Wildman–Crippen LogP) is 1.56. The van der Waals surface area contributed by atoms with Crippen LogP contribution in [-0.4, -0.2) is 44.0 Å². The van der Waals surface area contributed by atoms with Crippen molar-refractivity contribution in [2.75, 3.05) is 23.4 Å². The Morgan fingerprint density at radius 2 is 2.25 bits per heavy atom. The van der Waals surface area contributed by atoms with E-state index in [1.54, 1.807) is 18.5 Å². The van der Waals surface area contributed by atoms with Gasteiger partial charge in [-0.15, -0.1) is 21.5 Å². The van der Waals surface area contributed by atoms with Crippen LogP contribution in [0.15, 0.2) is 16.7 Å². The van der Waals surface area contributed by atoms with Crippen LogP contribution in [0, 0.1) is 0 Å². The van der Waals surface area contributed by atoms with Crippen LogP contribution in [0.5, 0.6) is 0 Å². The number of amides is 1. The van der Waals surface area contributed by atoms with Gasteiger partial charge < -0.3 is 15.8 Å². The average molecular weight is 370 g/mol. The summed E-state index contributed by atoms with van der Waals surface area (Å²) in [5.74, 6) is -0.452. The molecular weight excluding hydrogens is 352 g/mol. The zero-order chi connectivity index (χ0) is 17.5. The number of aromatic nitrogens is 4. The van der Waals surface area contributed by atoms with E-state index >= 15 is 0 Å². The molecule has 3 N–H and O–H groups in total. The summed E-state index contributed by atoms with van der Waals surface area (Å²) in [6.07, 6.45) is 2.08. The van der Waals surface area contributed by atoms with Gasteiger partial charge in [-0.3, -0.25) is 14.2 Å². The normalized spacial score (nSPS) is 11.9. The van der Waals surface area contributed by atoms with Crippen LogP contribution >= 0.6 is 23.1 Å². The van der Waals surface area contributed by atoms with Crippen LogP contribution < -0.4 is 11.1 Å². The molecule has 0 saturated carbocycles. The highest BCUT2D eigenvalue weighted by Crippen LogP contribution is 2.26. The molecule has 0 saturated heterocycles. The Balaban J connectivity index is 2.14. The van der Waals surface area contributed by atoms with E-state index in [-0.39, 0.29) is 23.6 Å². The molecule has 1 amide bonds. The van der Waals surface area contributed by atoms with E-state index in [0.717, 1.165) is 11.8 Å². The van der Waals surface area contributed by atoms with E-state index in [9.17, 15) is 9.59 Å². The monoisotopic (exact) mass is 370 g/mol. The number of anilines is 2. The van der Waals surface area contributed by atoms with E-state index in [4.69, 9.17) is 10.5 Å². The van der Waals surface area contributed by atoms with Crippen LogP contribution in [0.4, 0.5) is 11.1 Å². The van der Waals surface area contributed by atoms with Crippen LogP contribution in [0.2, 0.25) is 0 Å². The molecule has 24 heavy (non-hydrogen) atoms. The molecule has 2 aromatic heterocycles. The van der Waals surface area contributed by atoms with Crippen LogP contribution in [0.1, 0.15) is 26.3 Å². The van der Waals surface area contributed by atoms with Gasteiger partial charge in [0.1, 0.15) is 6.04 Å². The summed E-state index contributed by atoms with van der Waals surface area (Å²) in [6.45, 7) is 3.90. The minimum Gasteiger partial charge on any atom is -0.465 e. The molecule has 2 aromatic rings. The van der Waals surface area contributed by atoms with Crippen molar-refractivity contribution < 1.29 is 14.3 Å². The SMILES string of the molecule is CCOC(=O)CSc1nnc(N)n1C(CC)C(=O)Nc1nccs1. The lowest BCUT2D eigenvalue weighted by molar-refractivity contribution is -0.139. The smallest absolute Gasteiger partial charge is 0.316 e. The molecule has 0 aromatic carbocycles. The van der Waals surface area contributed by atoms with Crippen molar-refractivity contribution in [1.29, 1.82) is 0 Å². The second-order valence-corrected chi connectivity index (χ2v) is 6.39. The van der Waals surface area contributed by atoms with Crippen molar-refractivity contribution in [3.05, 3.63) is 11.6 Å². The maximum Gasteiger partial charge on any atom is 0.316 e. The molecule has 9 nitrogen and oxygen atoms in total. The number of carbonyl (C=O) groups excluding carboxylic acids is 2. The highest BCUT2D eigenvalue weighted by Gasteiger charge is 2.25. The number of thiazole rings is 1. The highest BCUT2D eigenvalue weighted by molar-refractivity contribution is 7.99. The zero-order valence-electron chi connectivity index (χ0n) is 13.3. The van der Waals surface area contributed by atoms with Crippen molar-refractivity contribution in [2.45, 2.75) is 31.5 Å². The molecule has 0 radical (unpaired) electrons. The number of esters is 1. The average Bonchev–Trinajstić information content (AvgIpc) is 3.18. The van der Waals surface area contributed by atoms with Gasteiger partial charge in [0.15, 0.2) is 10.3 Å². The molecule has 0 spiro atoms. The molecule has 0 aliphatic carbocycles. The maximum atomic E-state index is 12.5. The minimum atomic E-state index is -0.603. The molecule has 11 heteroatoms. The topological polar surface area (TPSA) is 125 Å². The lowest BCUT2D eigenvalue weighted by Gasteiger charge is -2.18. The molecule has 2 rings (SSSR count). The number of rotatable bonds is 8.